The Morgan fingerprint density at radius 1 is 1.00 bits per heavy atom. The molecule has 0 unspecified atom stereocenters. The van der Waals surface area contributed by atoms with E-state index in [9.17, 15) is 8.42 Å². The van der Waals surface area contributed by atoms with Gasteiger partial charge in [0.15, 0.2) is 11.4 Å². The summed E-state index contributed by atoms with van der Waals surface area (Å²) in [5.74, 6) is 0.819. The number of aromatic nitrogens is 4. The van der Waals surface area contributed by atoms with Gasteiger partial charge in [-0.3, -0.25) is 0 Å². The summed E-state index contributed by atoms with van der Waals surface area (Å²) in [5.41, 5.74) is 4.86. The van der Waals surface area contributed by atoms with Gasteiger partial charge < -0.3 is 24.3 Å². The van der Waals surface area contributed by atoms with Gasteiger partial charge in [-0.15, -0.1) is 0 Å². The molecule has 1 aliphatic rings. The van der Waals surface area contributed by atoms with Crippen LogP contribution in [0.15, 0.2) is 59.8 Å². The van der Waals surface area contributed by atoms with Gasteiger partial charge in [-0.1, -0.05) is 24.1 Å². The standard InChI is InChI=1S/C33H40N6O4S/c1-23-9-11-25(12-10-23)44(40,41)39-28(27-22-37(2)29-20-30(42-3)33(43-4)36-31(27)29)19-26-24(13-15-35-32(26)39)21-34-14-8-18-38-16-6-5-7-17-38/h9-13,15,19-20,22,34H,5-8,14,16-18,21H2,1-4H3. The van der Waals surface area contributed by atoms with Crippen LogP contribution >= 0.6 is 0 Å². The van der Waals surface area contributed by atoms with Gasteiger partial charge in [0, 0.05) is 43.0 Å². The van der Waals surface area contributed by atoms with E-state index in [2.05, 4.69) is 15.2 Å². The normalized spacial score (nSPS) is 14.5. The lowest BCUT2D eigenvalue weighted by Crippen LogP contribution is -2.32. The molecule has 0 aliphatic carbocycles. The predicted molar refractivity (Wildman–Crippen MR) is 173 cm³/mol. The number of pyridine rings is 2. The van der Waals surface area contributed by atoms with Crippen LogP contribution in [0.4, 0.5) is 0 Å². The quantitative estimate of drug-likeness (QED) is 0.204. The number of hydrogen-bond donors (Lipinski definition) is 1. The van der Waals surface area contributed by atoms with Crippen LogP contribution in [-0.2, 0) is 23.6 Å². The van der Waals surface area contributed by atoms with E-state index in [1.807, 2.05) is 55.1 Å². The molecule has 0 amide bonds. The Morgan fingerprint density at radius 3 is 2.50 bits per heavy atom. The number of hydrogen-bond acceptors (Lipinski definition) is 8. The summed E-state index contributed by atoms with van der Waals surface area (Å²) in [4.78, 5) is 12.1. The van der Waals surface area contributed by atoms with Crippen molar-refractivity contribution in [3.63, 3.8) is 0 Å². The molecule has 11 heteroatoms. The van der Waals surface area contributed by atoms with Crippen molar-refractivity contribution in [3.8, 4) is 22.9 Å². The van der Waals surface area contributed by atoms with Gasteiger partial charge in [0.2, 0.25) is 0 Å². The number of methoxy groups -OCH3 is 2. The van der Waals surface area contributed by atoms with Gasteiger partial charge in [-0.25, -0.2) is 22.4 Å². The van der Waals surface area contributed by atoms with Crippen molar-refractivity contribution in [2.45, 2.75) is 44.0 Å². The summed E-state index contributed by atoms with van der Waals surface area (Å²) < 4.78 is 43.0. The predicted octanol–water partition coefficient (Wildman–Crippen LogP) is 5.12. The molecule has 0 saturated carbocycles. The number of rotatable bonds is 11. The molecule has 4 aromatic heterocycles. The highest BCUT2D eigenvalue weighted by atomic mass is 32.2. The van der Waals surface area contributed by atoms with Crippen molar-refractivity contribution in [1.29, 1.82) is 0 Å². The van der Waals surface area contributed by atoms with Crippen LogP contribution in [0.25, 0.3) is 33.3 Å². The van der Waals surface area contributed by atoms with Crippen LogP contribution < -0.4 is 14.8 Å². The highest BCUT2D eigenvalue weighted by Gasteiger charge is 2.28. The summed E-state index contributed by atoms with van der Waals surface area (Å²) in [7, 11) is 0.974. The highest BCUT2D eigenvalue weighted by Crippen LogP contribution is 2.39. The van der Waals surface area contributed by atoms with Crippen molar-refractivity contribution in [2.24, 2.45) is 7.05 Å². The van der Waals surface area contributed by atoms with E-state index in [0.29, 0.717) is 40.6 Å². The van der Waals surface area contributed by atoms with Crippen molar-refractivity contribution in [3.05, 3.63) is 66.0 Å². The zero-order valence-electron chi connectivity index (χ0n) is 25.8. The number of ether oxygens (including phenoxy) is 2. The molecule has 1 aromatic carbocycles. The fourth-order valence-electron chi connectivity index (χ4n) is 6.10. The third-order valence-corrected chi connectivity index (χ3v) is 10.2. The Hall–Kier alpha value is -3.93. The van der Waals surface area contributed by atoms with E-state index in [4.69, 9.17) is 14.5 Å². The van der Waals surface area contributed by atoms with E-state index in [1.54, 1.807) is 25.4 Å². The average molecular weight is 617 g/mol. The van der Waals surface area contributed by atoms with Crippen molar-refractivity contribution >= 4 is 32.1 Å². The van der Waals surface area contributed by atoms with Gasteiger partial charge in [0.25, 0.3) is 15.9 Å². The van der Waals surface area contributed by atoms with E-state index in [0.717, 1.165) is 41.5 Å². The molecule has 0 radical (unpaired) electrons. The molecule has 5 aromatic rings. The maximum absolute atomic E-state index is 14.4. The summed E-state index contributed by atoms with van der Waals surface area (Å²) in [6.07, 6.45) is 8.57. The third-order valence-electron chi connectivity index (χ3n) is 8.48. The maximum atomic E-state index is 14.4. The Morgan fingerprint density at radius 2 is 1.77 bits per heavy atom. The van der Waals surface area contributed by atoms with Crippen LogP contribution in [0.5, 0.6) is 11.6 Å². The summed E-state index contributed by atoms with van der Waals surface area (Å²) in [6.45, 7) is 6.90. The lowest BCUT2D eigenvalue weighted by molar-refractivity contribution is 0.225. The van der Waals surface area contributed by atoms with Crippen molar-refractivity contribution in [2.75, 3.05) is 40.4 Å². The van der Waals surface area contributed by atoms with Crippen LogP contribution in [0, 0.1) is 6.92 Å². The lowest BCUT2D eigenvalue weighted by Gasteiger charge is -2.26. The number of benzene rings is 1. The van der Waals surface area contributed by atoms with Gasteiger partial charge in [-0.05, 0) is 82.2 Å². The molecule has 1 N–H and O–H groups in total. The van der Waals surface area contributed by atoms with Crippen molar-refractivity contribution in [1.82, 2.24) is 28.7 Å². The molecule has 0 atom stereocenters. The summed E-state index contributed by atoms with van der Waals surface area (Å²) in [5, 5.41) is 4.36. The average Bonchev–Trinajstić information content (AvgIpc) is 3.59. The van der Waals surface area contributed by atoms with Crippen molar-refractivity contribution < 1.29 is 17.9 Å². The van der Waals surface area contributed by atoms with Gasteiger partial charge in [-0.2, -0.15) is 0 Å². The Bertz CT molecular complexity index is 1890. The summed E-state index contributed by atoms with van der Waals surface area (Å²) >= 11 is 0. The van der Waals surface area contributed by atoms with E-state index >= 15 is 0 Å². The molecule has 1 fully saturated rings. The molecule has 1 saturated heterocycles. The van der Waals surface area contributed by atoms with Gasteiger partial charge >= 0.3 is 0 Å². The first-order chi connectivity index (χ1) is 21.3. The number of nitrogens with zero attached hydrogens (tertiary/aromatic N) is 5. The second-order valence-electron chi connectivity index (χ2n) is 11.5. The second kappa shape index (κ2) is 12.6. The first kappa shape index (κ1) is 30.1. The SMILES string of the molecule is COc1cc2c(nc1OC)c(-c1cc3c(CNCCCN4CCCCC4)ccnc3n1S(=O)(=O)c1ccc(C)cc1)cn2C. The zero-order chi connectivity index (χ0) is 30.8. The Labute approximate surface area is 258 Å². The number of likely N-dealkylation sites (tertiary alicyclic amines) is 1. The lowest BCUT2D eigenvalue weighted by atomic mass is 10.1. The molecule has 0 spiro atoms. The minimum absolute atomic E-state index is 0.192. The molecule has 6 rings (SSSR count). The number of nitrogens with one attached hydrogen (secondary N) is 1. The zero-order valence-corrected chi connectivity index (χ0v) is 26.7. The first-order valence-electron chi connectivity index (χ1n) is 15.1. The maximum Gasteiger partial charge on any atom is 0.269 e. The van der Waals surface area contributed by atoms with Crippen LogP contribution in [0.3, 0.4) is 0 Å². The minimum atomic E-state index is -4.03. The monoisotopic (exact) mass is 616 g/mol. The fraction of sp³-hybridized carbons (Fsp3) is 0.394. The highest BCUT2D eigenvalue weighted by molar-refractivity contribution is 7.90. The van der Waals surface area contributed by atoms with E-state index < -0.39 is 10.0 Å². The third kappa shape index (κ3) is 5.67. The molecule has 0 bridgehead atoms. The molecule has 1 aliphatic heterocycles. The molecule has 5 heterocycles. The van der Waals surface area contributed by atoms with Gasteiger partial charge in [0.1, 0.15) is 5.52 Å². The molecular formula is C33H40N6O4S. The molecular weight excluding hydrogens is 576 g/mol. The minimum Gasteiger partial charge on any atom is -0.491 e. The van der Waals surface area contributed by atoms with E-state index in [1.165, 1.54) is 43.4 Å². The first-order valence-corrected chi connectivity index (χ1v) is 16.6. The Balaban J connectivity index is 1.44. The van der Waals surface area contributed by atoms with Crippen LogP contribution in [0.1, 0.15) is 36.8 Å². The topological polar surface area (TPSA) is 104 Å². The number of piperidine rings is 1. The largest absolute Gasteiger partial charge is 0.491 e. The van der Waals surface area contributed by atoms with Crippen LogP contribution in [-0.4, -0.2) is 72.2 Å². The van der Waals surface area contributed by atoms with Gasteiger partial charge in [0.05, 0.1) is 30.3 Å². The Kier molecular flexibility index (Phi) is 8.61. The molecule has 232 valence electrons. The van der Waals surface area contributed by atoms with E-state index in [-0.39, 0.29) is 4.90 Å². The smallest absolute Gasteiger partial charge is 0.269 e. The molecule has 44 heavy (non-hydrogen) atoms. The number of fused-ring (bicyclic) bond motifs is 2. The van der Waals surface area contributed by atoms with Crippen LogP contribution in [0.2, 0.25) is 0 Å². The number of aryl methyl sites for hydroxylation is 2. The second-order valence-corrected chi connectivity index (χ2v) is 13.3. The fourth-order valence-corrected chi connectivity index (χ4v) is 7.58. The summed E-state index contributed by atoms with van der Waals surface area (Å²) in [6, 6.07) is 12.6. The molecule has 10 nitrogen and oxygen atoms in total.